The molecule has 1 saturated heterocycles. The molecule has 0 spiro atoms. The third-order valence-electron chi connectivity index (χ3n) is 5.13. The maximum atomic E-state index is 11.7. The Kier molecular flexibility index (Phi) is 5.86. The first kappa shape index (κ1) is 18.6. The van der Waals surface area contributed by atoms with Crippen molar-refractivity contribution in [2.45, 2.75) is 37.8 Å². The van der Waals surface area contributed by atoms with E-state index in [1.54, 1.807) is 6.07 Å². The molecule has 1 aliphatic rings. The Bertz CT molecular complexity index is 892. The molecule has 136 valence electrons. The standard InChI is InChI=1S/C22H22N4O/c23-14-17-4-3-5-19(12-17)18-9-7-16(8-10-18)13-20(15-24)26-11-2-1-6-21(26)22(25)27/h3-5,7-10,12,20-21H,1-2,6,11,13H2,(H2,25,27)/t20-,21?/m0/s1. The van der Waals surface area contributed by atoms with Crippen molar-refractivity contribution in [3.63, 3.8) is 0 Å². The highest BCUT2D eigenvalue weighted by Gasteiger charge is 2.32. The smallest absolute Gasteiger partial charge is 0.234 e. The minimum absolute atomic E-state index is 0.345. The lowest BCUT2D eigenvalue weighted by Crippen LogP contribution is -2.52. The summed E-state index contributed by atoms with van der Waals surface area (Å²) in [4.78, 5) is 13.7. The van der Waals surface area contributed by atoms with E-state index in [2.05, 4.69) is 12.1 Å². The largest absolute Gasteiger partial charge is 0.368 e. The fraction of sp³-hybridized carbons (Fsp3) is 0.318. The van der Waals surface area contributed by atoms with Gasteiger partial charge in [-0.05, 0) is 41.7 Å². The number of carbonyl (C=O) groups is 1. The van der Waals surface area contributed by atoms with Crippen molar-refractivity contribution in [1.29, 1.82) is 10.5 Å². The summed E-state index contributed by atoms with van der Waals surface area (Å²) in [5, 5.41) is 18.7. The topological polar surface area (TPSA) is 93.9 Å². The second-order valence-electron chi connectivity index (χ2n) is 6.89. The molecule has 5 heteroatoms. The lowest BCUT2D eigenvalue weighted by Gasteiger charge is -2.36. The van der Waals surface area contributed by atoms with Gasteiger partial charge in [-0.2, -0.15) is 10.5 Å². The van der Waals surface area contributed by atoms with Crippen molar-refractivity contribution in [3.8, 4) is 23.3 Å². The summed E-state index contributed by atoms with van der Waals surface area (Å²) in [7, 11) is 0. The van der Waals surface area contributed by atoms with Crippen LogP contribution in [0.3, 0.4) is 0 Å². The van der Waals surface area contributed by atoms with Gasteiger partial charge in [-0.3, -0.25) is 9.69 Å². The summed E-state index contributed by atoms with van der Waals surface area (Å²) in [6.45, 7) is 0.727. The van der Waals surface area contributed by atoms with Crippen molar-refractivity contribution in [3.05, 3.63) is 59.7 Å². The van der Waals surface area contributed by atoms with E-state index >= 15 is 0 Å². The maximum Gasteiger partial charge on any atom is 0.234 e. The van der Waals surface area contributed by atoms with Gasteiger partial charge in [0.05, 0.1) is 23.7 Å². The molecule has 0 bridgehead atoms. The van der Waals surface area contributed by atoms with Crippen LogP contribution >= 0.6 is 0 Å². The lowest BCUT2D eigenvalue weighted by atomic mass is 9.95. The van der Waals surface area contributed by atoms with Gasteiger partial charge in [0.25, 0.3) is 0 Å². The van der Waals surface area contributed by atoms with Crippen molar-refractivity contribution in [1.82, 2.24) is 4.90 Å². The molecule has 0 saturated carbocycles. The van der Waals surface area contributed by atoms with E-state index in [0.717, 1.165) is 42.5 Å². The zero-order valence-electron chi connectivity index (χ0n) is 15.1. The highest BCUT2D eigenvalue weighted by atomic mass is 16.1. The summed E-state index contributed by atoms with van der Waals surface area (Å²) in [5.74, 6) is -0.345. The van der Waals surface area contributed by atoms with Gasteiger partial charge in [-0.25, -0.2) is 0 Å². The van der Waals surface area contributed by atoms with Crippen LogP contribution in [-0.4, -0.2) is 29.4 Å². The quantitative estimate of drug-likeness (QED) is 0.889. The van der Waals surface area contributed by atoms with Gasteiger partial charge in [-0.1, -0.05) is 42.8 Å². The van der Waals surface area contributed by atoms with Gasteiger partial charge in [0.2, 0.25) is 5.91 Å². The van der Waals surface area contributed by atoms with E-state index in [0.29, 0.717) is 12.0 Å². The number of nitriles is 2. The molecule has 0 radical (unpaired) electrons. The number of amides is 1. The molecular formula is C22H22N4O. The Hall–Kier alpha value is -3.15. The molecule has 2 aromatic rings. The fourth-order valence-electron chi connectivity index (χ4n) is 3.69. The predicted molar refractivity (Wildman–Crippen MR) is 103 cm³/mol. The number of benzene rings is 2. The number of nitrogens with two attached hydrogens (primary N) is 1. The molecule has 0 aromatic heterocycles. The van der Waals surface area contributed by atoms with Crippen molar-refractivity contribution >= 4 is 5.91 Å². The number of nitrogens with zero attached hydrogens (tertiary/aromatic N) is 3. The van der Waals surface area contributed by atoms with Gasteiger partial charge in [0, 0.05) is 13.0 Å². The van der Waals surface area contributed by atoms with Gasteiger partial charge < -0.3 is 5.73 Å². The van der Waals surface area contributed by atoms with Gasteiger partial charge >= 0.3 is 0 Å². The van der Waals surface area contributed by atoms with Crippen LogP contribution in [0, 0.1) is 22.7 Å². The Morgan fingerprint density at radius 3 is 2.59 bits per heavy atom. The second-order valence-corrected chi connectivity index (χ2v) is 6.89. The van der Waals surface area contributed by atoms with Crippen molar-refractivity contribution in [2.75, 3.05) is 6.54 Å². The molecule has 0 aliphatic carbocycles. The monoisotopic (exact) mass is 358 g/mol. The summed E-state index contributed by atoms with van der Waals surface area (Å²) in [6, 6.07) is 19.3. The Morgan fingerprint density at radius 1 is 1.15 bits per heavy atom. The zero-order chi connectivity index (χ0) is 19.2. The number of hydrogen-bond acceptors (Lipinski definition) is 4. The van der Waals surface area contributed by atoms with Crippen LogP contribution in [0.4, 0.5) is 0 Å². The first-order valence-corrected chi connectivity index (χ1v) is 9.16. The van der Waals surface area contributed by atoms with Gasteiger partial charge in [0.1, 0.15) is 6.04 Å². The Labute approximate surface area is 159 Å². The van der Waals surface area contributed by atoms with Crippen LogP contribution < -0.4 is 5.73 Å². The minimum Gasteiger partial charge on any atom is -0.368 e. The molecule has 1 heterocycles. The SMILES string of the molecule is N#Cc1cccc(-c2ccc(C[C@@H](C#N)N3CCCCC3C(N)=O)cc2)c1. The minimum atomic E-state index is -0.365. The number of rotatable bonds is 5. The first-order chi connectivity index (χ1) is 13.1. The average Bonchev–Trinajstić information content (AvgIpc) is 2.72. The third kappa shape index (κ3) is 4.34. The number of hydrogen-bond donors (Lipinski definition) is 1. The summed E-state index contributed by atoms with van der Waals surface area (Å²) in [5.41, 5.74) is 9.22. The highest BCUT2D eigenvalue weighted by Crippen LogP contribution is 2.24. The number of piperidine rings is 1. The maximum absolute atomic E-state index is 11.7. The molecular weight excluding hydrogens is 336 g/mol. The van der Waals surface area contributed by atoms with Gasteiger partial charge in [0.15, 0.2) is 0 Å². The molecule has 27 heavy (non-hydrogen) atoms. The normalized spacial score (nSPS) is 18.2. The zero-order valence-corrected chi connectivity index (χ0v) is 15.1. The van der Waals surface area contributed by atoms with E-state index in [4.69, 9.17) is 11.0 Å². The van der Waals surface area contributed by atoms with E-state index in [9.17, 15) is 10.1 Å². The lowest BCUT2D eigenvalue weighted by molar-refractivity contribution is -0.125. The fourth-order valence-corrected chi connectivity index (χ4v) is 3.69. The number of carbonyl (C=O) groups excluding carboxylic acids is 1. The van der Waals surface area contributed by atoms with Crippen LogP contribution in [0.25, 0.3) is 11.1 Å². The average molecular weight is 358 g/mol. The Balaban J connectivity index is 1.75. The molecule has 1 unspecified atom stereocenters. The molecule has 3 rings (SSSR count). The first-order valence-electron chi connectivity index (χ1n) is 9.16. The highest BCUT2D eigenvalue weighted by molar-refractivity contribution is 5.80. The molecule has 2 aromatic carbocycles. The third-order valence-corrected chi connectivity index (χ3v) is 5.13. The second kappa shape index (κ2) is 8.49. The Morgan fingerprint density at radius 2 is 1.93 bits per heavy atom. The summed E-state index contributed by atoms with van der Waals surface area (Å²) in [6.07, 6.45) is 3.23. The predicted octanol–water partition coefficient (Wildman–Crippen LogP) is 3.00. The molecule has 2 N–H and O–H groups in total. The van der Waals surface area contributed by atoms with E-state index in [1.807, 2.05) is 47.4 Å². The molecule has 5 nitrogen and oxygen atoms in total. The molecule has 2 atom stereocenters. The van der Waals surface area contributed by atoms with E-state index in [-0.39, 0.29) is 18.0 Å². The summed E-state index contributed by atoms with van der Waals surface area (Å²) < 4.78 is 0. The van der Waals surface area contributed by atoms with E-state index < -0.39 is 0 Å². The van der Waals surface area contributed by atoms with Crippen molar-refractivity contribution < 1.29 is 4.79 Å². The summed E-state index contributed by atoms with van der Waals surface area (Å²) >= 11 is 0. The number of likely N-dealkylation sites (tertiary alicyclic amines) is 1. The number of primary amides is 1. The van der Waals surface area contributed by atoms with Gasteiger partial charge in [-0.15, -0.1) is 0 Å². The van der Waals surface area contributed by atoms with Crippen LogP contribution in [0.5, 0.6) is 0 Å². The van der Waals surface area contributed by atoms with Crippen molar-refractivity contribution in [2.24, 2.45) is 5.73 Å². The van der Waals surface area contributed by atoms with Crippen LogP contribution in [0.1, 0.15) is 30.4 Å². The van der Waals surface area contributed by atoms with E-state index in [1.165, 1.54) is 0 Å². The van der Waals surface area contributed by atoms with Crippen LogP contribution in [0.2, 0.25) is 0 Å². The van der Waals surface area contributed by atoms with Crippen LogP contribution in [-0.2, 0) is 11.2 Å². The molecule has 1 aliphatic heterocycles. The van der Waals surface area contributed by atoms with Crippen LogP contribution in [0.15, 0.2) is 48.5 Å². The molecule has 1 amide bonds. The molecule has 1 fully saturated rings.